The molecule has 1 aliphatic heterocycles. The largest absolute Gasteiger partial charge is 0.341 e. The molecule has 1 N–H and O–H groups in total. The minimum Gasteiger partial charge on any atom is -0.341 e. The molecule has 0 radical (unpaired) electrons. The SMILES string of the molecule is CN(Cc1ccccc1Br)C(=O)CC1CCCCN1. The van der Waals surface area contributed by atoms with Crippen LogP contribution >= 0.6 is 15.9 Å². The van der Waals surface area contributed by atoms with Gasteiger partial charge in [0.05, 0.1) is 0 Å². The molecular weight excluding hydrogens is 304 g/mol. The second kappa shape index (κ2) is 7.06. The maximum absolute atomic E-state index is 12.2. The molecule has 0 aliphatic carbocycles. The number of hydrogen-bond donors (Lipinski definition) is 1. The van der Waals surface area contributed by atoms with Crippen LogP contribution in [0.3, 0.4) is 0 Å². The average Bonchev–Trinajstić information content (AvgIpc) is 2.42. The van der Waals surface area contributed by atoms with Crippen LogP contribution in [-0.4, -0.2) is 30.4 Å². The first-order chi connectivity index (χ1) is 9.16. The lowest BCUT2D eigenvalue weighted by Gasteiger charge is -2.25. The highest BCUT2D eigenvalue weighted by Gasteiger charge is 2.19. The van der Waals surface area contributed by atoms with E-state index in [-0.39, 0.29) is 5.91 Å². The van der Waals surface area contributed by atoms with Gasteiger partial charge in [0, 0.05) is 30.5 Å². The lowest BCUT2D eigenvalue weighted by Crippen LogP contribution is -2.39. The predicted octanol–water partition coefficient (Wildman–Crippen LogP) is 2.94. The number of halogens is 1. The van der Waals surface area contributed by atoms with Crippen molar-refractivity contribution in [3.63, 3.8) is 0 Å². The average molecular weight is 325 g/mol. The van der Waals surface area contributed by atoms with Gasteiger partial charge in [-0.15, -0.1) is 0 Å². The van der Waals surface area contributed by atoms with Crippen molar-refractivity contribution >= 4 is 21.8 Å². The maximum atomic E-state index is 12.2. The number of amides is 1. The number of carbonyl (C=O) groups is 1. The van der Waals surface area contributed by atoms with Crippen LogP contribution in [0.4, 0.5) is 0 Å². The highest BCUT2D eigenvalue weighted by Crippen LogP contribution is 2.18. The molecule has 19 heavy (non-hydrogen) atoms. The number of nitrogens with one attached hydrogen (secondary N) is 1. The maximum Gasteiger partial charge on any atom is 0.224 e. The van der Waals surface area contributed by atoms with E-state index >= 15 is 0 Å². The quantitative estimate of drug-likeness (QED) is 0.923. The van der Waals surface area contributed by atoms with Gasteiger partial charge in [0.1, 0.15) is 0 Å². The lowest BCUT2D eigenvalue weighted by atomic mass is 10.0. The zero-order chi connectivity index (χ0) is 13.7. The Hall–Kier alpha value is -0.870. The van der Waals surface area contributed by atoms with Gasteiger partial charge in [-0.3, -0.25) is 4.79 Å². The van der Waals surface area contributed by atoms with Crippen molar-refractivity contribution in [2.75, 3.05) is 13.6 Å². The Morgan fingerprint density at radius 3 is 2.89 bits per heavy atom. The molecule has 2 rings (SSSR count). The van der Waals surface area contributed by atoms with Gasteiger partial charge < -0.3 is 10.2 Å². The summed E-state index contributed by atoms with van der Waals surface area (Å²) in [6.45, 7) is 1.71. The van der Waals surface area contributed by atoms with Crippen LogP contribution in [-0.2, 0) is 11.3 Å². The first-order valence-corrected chi connectivity index (χ1v) is 7.67. The summed E-state index contributed by atoms with van der Waals surface area (Å²) in [4.78, 5) is 14.0. The van der Waals surface area contributed by atoms with E-state index in [1.165, 1.54) is 12.8 Å². The van der Waals surface area contributed by atoms with Crippen LogP contribution in [0.15, 0.2) is 28.7 Å². The fourth-order valence-electron chi connectivity index (χ4n) is 2.44. The van der Waals surface area contributed by atoms with Gasteiger partial charge in [0.25, 0.3) is 0 Å². The second-order valence-corrected chi connectivity index (χ2v) is 6.05. The molecule has 0 aromatic heterocycles. The molecule has 0 bridgehead atoms. The Morgan fingerprint density at radius 1 is 1.42 bits per heavy atom. The Kier molecular flexibility index (Phi) is 5.40. The highest BCUT2D eigenvalue weighted by molar-refractivity contribution is 9.10. The van der Waals surface area contributed by atoms with Crippen molar-refractivity contribution in [3.8, 4) is 0 Å². The summed E-state index contributed by atoms with van der Waals surface area (Å²) in [5, 5.41) is 3.42. The number of nitrogens with zero attached hydrogens (tertiary/aromatic N) is 1. The summed E-state index contributed by atoms with van der Waals surface area (Å²) in [5.41, 5.74) is 1.15. The highest BCUT2D eigenvalue weighted by atomic mass is 79.9. The molecule has 1 heterocycles. The normalized spacial score (nSPS) is 19.2. The molecule has 0 spiro atoms. The molecule has 1 saturated heterocycles. The molecule has 1 aromatic rings. The van der Waals surface area contributed by atoms with Gasteiger partial charge in [-0.05, 0) is 31.0 Å². The van der Waals surface area contributed by atoms with Crippen LogP contribution in [0.5, 0.6) is 0 Å². The molecule has 4 heteroatoms. The number of piperidine rings is 1. The number of rotatable bonds is 4. The zero-order valence-corrected chi connectivity index (χ0v) is 12.9. The van der Waals surface area contributed by atoms with Crippen molar-refractivity contribution in [2.45, 2.75) is 38.3 Å². The van der Waals surface area contributed by atoms with Crippen LogP contribution in [0.2, 0.25) is 0 Å². The van der Waals surface area contributed by atoms with Crippen molar-refractivity contribution < 1.29 is 4.79 Å². The van der Waals surface area contributed by atoms with E-state index in [0.29, 0.717) is 19.0 Å². The molecule has 1 atom stereocenters. The first-order valence-electron chi connectivity index (χ1n) is 6.87. The van der Waals surface area contributed by atoms with E-state index in [9.17, 15) is 4.79 Å². The van der Waals surface area contributed by atoms with Gasteiger partial charge in [0.2, 0.25) is 5.91 Å². The van der Waals surface area contributed by atoms with Crippen LogP contribution < -0.4 is 5.32 Å². The first kappa shape index (κ1) is 14.5. The fourth-order valence-corrected chi connectivity index (χ4v) is 2.85. The number of hydrogen-bond acceptors (Lipinski definition) is 2. The van der Waals surface area contributed by atoms with Crippen LogP contribution in [0, 0.1) is 0 Å². The molecular formula is C15H21BrN2O. The molecule has 104 valence electrons. The summed E-state index contributed by atoms with van der Waals surface area (Å²) in [7, 11) is 1.88. The summed E-state index contributed by atoms with van der Waals surface area (Å²) in [6, 6.07) is 8.41. The van der Waals surface area contributed by atoms with Crippen molar-refractivity contribution in [1.29, 1.82) is 0 Å². The van der Waals surface area contributed by atoms with E-state index in [0.717, 1.165) is 23.0 Å². The topological polar surface area (TPSA) is 32.3 Å². The number of benzene rings is 1. The molecule has 1 unspecified atom stereocenters. The zero-order valence-electron chi connectivity index (χ0n) is 11.4. The Morgan fingerprint density at radius 2 is 2.21 bits per heavy atom. The van der Waals surface area contributed by atoms with Gasteiger partial charge in [0.15, 0.2) is 0 Å². The second-order valence-electron chi connectivity index (χ2n) is 5.19. The van der Waals surface area contributed by atoms with E-state index < -0.39 is 0 Å². The van der Waals surface area contributed by atoms with Gasteiger partial charge in [-0.1, -0.05) is 40.5 Å². The molecule has 1 fully saturated rings. The molecule has 0 saturated carbocycles. The molecule has 1 aliphatic rings. The standard InChI is InChI=1S/C15H21BrN2O/c1-18(11-12-6-2-3-8-14(12)16)15(19)10-13-7-4-5-9-17-13/h2-3,6,8,13,17H,4-5,7,9-11H2,1H3. The van der Waals surface area contributed by atoms with E-state index in [4.69, 9.17) is 0 Å². The summed E-state index contributed by atoms with van der Waals surface area (Å²) >= 11 is 3.52. The minimum absolute atomic E-state index is 0.218. The van der Waals surface area contributed by atoms with Gasteiger partial charge >= 0.3 is 0 Å². The van der Waals surface area contributed by atoms with Gasteiger partial charge in [-0.2, -0.15) is 0 Å². The third-order valence-electron chi connectivity index (χ3n) is 3.62. The Labute approximate surface area is 123 Å². The monoisotopic (exact) mass is 324 g/mol. The minimum atomic E-state index is 0.218. The van der Waals surface area contributed by atoms with E-state index in [2.05, 4.69) is 21.2 Å². The summed E-state index contributed by atoms with van der Waals surface area (Å²) in [5.74, 6) is 0.218. The van der Waals surface area contributed by atoms with Crippen molar-refractivity contribution in [3.05, 3.63) is 34.3 Å². The van der Waals surface area contributed by atoms with E-state index in [1.807, 2.05) is 36.2 Å². The number of carbonyl (C=O) groups excluding carboxylic acids is 1. The lowest BCUT2D eigenvalue weighted by molar-refractivity contribution is -0.131. The smallest absolute Gasteiger partial charge is 0.224 e. The van der Waals surface area contributed by atoms with Gasteiger partial charge in [-0.25, -0.2) is 0 Å². The fraction of sp³-hybridized carbons (Fsp3) is 0.533. The van der Waals surface area contributed by atoms with E-state index in [1.54, 1.807) is 0 Å². The third-order valence-corrected chi connectivity index (χ3v) is 4.40. The van der Waals surface area contributed by atoms with Crippen molar-refractivity contribution in [1.82, 2.24) is 10.2 Å². The molecule has 1 amide bonds. The van der Waals surface area contributed by atoms with Crippen LogP contribution in [0.1, 0.15) is 31.2 Å². The molecule has 1 aromatic carbocycles. The summed E-state index contributed by atoms with van der Waals surface area (Å²) in [6.07, 6.45) is 4.20. The molecule has 3 nitrogen and oxygen atoms in total. The Balaban J connectivity index is 1.87. The predicted molar refractivity (Wildman–Crippen MR) is 80.9 cm³/mol. The summed E-state index contributed by atoms with van der Waals surface area (Å²) < 4.78 is 1.06. The third kappa shape index (κ3) is 4.32. The van der Waals surface area contributed by atoms with Crippen LogP contribution in [0.25, 0.3) is 0 Å². The van der Waals surface area contributed by atoms with Crippen molar-refractivity contribution in [2.24, 2.45) is 0 Å². The Bertz CT molecular complexity index is 430.